The van der Waals surface area contributed by atoms with Crippen molar-refractivity contribution < 1.29 is 17.9 Å². The number of halogens is 3. The highest BCUT2D eigenvalue weighted by Crippen LogP contribution is 2.15. The highest BCUT2D eigenvalue weighted by atomic mass is 19.4. The van der Waals surface area contributed by atoms with Gasteiger partial charge in [-0.25, -0.2) is 0 Å². The molecule has 1 heterocycles. The van der Waals surface area contributed by atoms with E-state index in [0.717, 1.165) is 57.3 Å². The lowest BCUT2D eigenvalue weighted by molar-refractivity contribution is -0.176. The van der Waals surface area contributed by atoms with E-state index < -0.39 is 12.8 Å². The summed E-state index contributed by atoms with van der Waals surface area (Å²) in [5.74, 6) is 0.731. The first-order valence-corrected chi connectivity index (χ1v) is 10.0. The first kappa shape index (κ1) is 23.4. The molecule has 0 atom stereocenters. The summed E-state index contributed by atoms with van der Waals surface area (Å²) in [5, 5.41) is 6.58. The monoisotopic (exact) mass is 415 g/mol. The standard InChI is InChI=1S/C20H32F3N5O/c1-3-27-10-12-28(13-11-27)9-8-25-19(24-2)26-14-17-4-6-18(7-5-17)15-29-16-20(21,22)23/h4-7H,3,8-16H2,1-2H3,(H2,24,25,26). The summed E-state index contributed by atoms with van der Waals surface area (Å²) in [6, 6.07) is 7.30. The molecule has 9 heteroatoms. The quantitative estimate of drug-likeness (QED) is 0.478. The average molecular weight is 416 g/mol. The summed E-state index contributed by atoms with van der Waals surface area (Å²) in [6.07, 6.45) is -4.30. The predicted octanol–water partition coefficient (Wildman–Crippen LogP) is 2.07. The van der Waals surface area contributed by atoms with Crippen molar-refractivity contribution in [2.75, 3.05) is 59.5 Å². The van der Waals surface area contributed by atoms with Crippen LogP contribution in [0.1, 0.15) is 18.1 Å². The Labute approximate surface area is 171 Å². The number of benzene rings is 1. The second-order valence-corrected chi connectivity index (χ2v) is 7.05. The van der Waals surface area contributed by atoms with Gasteiger partial charge >= 0.3 is 6.18 Å². The Morgan fingerprint density at radius 2 is 1.66 bits per heavy atom. The number of likely N-dealkylation sites (N-methyl/N-ethyl adjacent to an activating group) is 1. The van der Waals surface area contributed by atoms with E-state index in [2.05, 4.69) is 37.1 Å². The van der Waals surface area contributed by atoms with Crippen molar-refractivity contribution in [2.45, 2.75) is 26.3 Å². The molecular formula is C20H32F3N5O. The molecule has 6 nitrogen and oxygen atoms in total. The predicted molar refractivity (Wildman–Crippen MR) is 109 cm³/mol. The second kappa shape index (κ2) is 12.0. The zero-order chi connectivity index (χ0) is 21.1. The third-order valence-corrected chi connectivity index (χ3v) is 4.87. The summed E-state index contributed by atoms with van der Waals surface area (Å²) >= 11 is 0. The summed E-state index contributed by atoms with van der Waals surface area (Å²) in [6.45, 7) is 8.86. The molecule has 0 saturated carbocycles. The Morgan fingerprint density at radius 1 is 1.03 bits per heavy atom. The topological polar surface area (TPSA) is 52.1 Å². The van der Waals surface area contributed by atoms with Crippen LogP contribution >= 0.6 is 0 Å². The molecular weight excluding hydrogens is 383 g/mol. The number of rotatable bonds is 9. The maximum Gasteiger partial charge on any atom is 0.411 e. The van der Waals surface area contributed by atoms with Crippen molar-refractivity contribution >= 4 is 5.96 Å². The van der Waals surface area contributed by atoms with Crippen LogP contribution in [0.2, 0.25) is 0 Å². The molecule has 1 aliphatic rings. The minimum absolute atomic E-state index is 0.0526. The molecule has 1 aliphatic heterocycles. The molecule has 0 aliphatic carbocycles. The molecule has 0 unspecified atom stereocenters. The Hall–Kier alpha value is -1.84. The fraction of sp³-hybridized carbons (Fsp3) is 0.650. The van der Waals surface area contributed by atoms with Crippen molar-refractivity contribution in [3.8, 4) is 0 Å². The molecule has 1 aromatic rings. The number of hydrogen-bond donors (Lipinski definition) is 2. The van der Waals surface area contributed by atoms with Gasteiger partial charge in [0, 0.05) is 52.9 Å². The molecule has 2 rings (SSSR count). The lowest BCUT2D eigenvalue weighted by atomic mass is 10.1. The van der Waals surface area contributed by atoms with E-state index in [9.17, 15) is 13.2 Å². The van der Waals surface area contributed by atoms with E-state index in [0.29, 0.717) is 12.1 Å². The van der Waals surface area contributed by atoms with Crippen molar-refractivity contribution in [2.24, 2.45) is 4.99 Å². The number of alkyl halides is 3. The number of ether oxygens (including phenoxy) is 1. The number of nitrogens with one attached hydrogen (secondary N) is 2. The van der Waals surface area contributed by atoms with Gasteiger partial charge in [0.2, 0.25) is 0 Å². The van der Waals surface area contributed by atoms with Gasteiger partial charge in [0.25, 0.3) is 0 Å². The Morgan fingerprint density at radius 3 is 2.24 bits per heavy atom. The Kier molecular flexibility index (Phi) is 9.69. The minimum atomic E-state index is -4.30. The Bertz CT molecular complexity index is 614. The van der Waals surface area contributed by atoms with Crippen LogP contribution < -0.4 is 10.6 Å². The second-order valence-electron chi connectivity index (χ2n) is 7.05. The lowest BCUT2D eigenvalue weighted by Crippen LogP contribution is -2.49. The van der Waals surface area contributed by atoms with Crippen LogP contribution in [0, 0.1) is 0 Å². The molecule has 164 valence electrons. The van der Waals surface area contributed by atoms with Gasteiger partial charge < -0.3 is 20.3 Å². The molecule has 0 bridgehead atoms. The summed E-state index contributed by atoms with van der Waals surface area (Å²) in [7, 11) is 1.73. The number of aliphatic imine (C=N–C) groups is 1. The fourth-order valence-electron chi connectivity index (χ4n) is 3.11. The van der Waals surface area contributed by atoms with Gasteiger partial charge in [0.05, 0.1) is 6.61 Å². The van der Waals surface area contributed by atoms with Crippen molar-refractivity contribution in [1.29, 1.82) is 0 Å². The van der Waals surface area contributed by atoms with Crippen molar-refractivity contribution in [3.63, 3.8) is 0 Å². The van der Waals surface area contributed by atoms with Gasteiger partial charge in [-0.3, -0.25) is 9.89 Å². The maximum absolute atomic E-state index is 12.1. The van der Waals surface area contributed by atoms with E-state index in [-0.39, 0.29) is 6.61 Å². The smallest absolute Gasteiger partial charge is 0.367 e. The summed E-state index contributed by atoms with van der Waals surface area (Å²) < 4.78 is 41.0. The Balaban J connectivity index is 1.64. The first-order valence-electron chi connectivity index (χ1n) is 10.0. The molecule has 2 N–H and O–H groups in total. The van der Waals surface area contributed by atoms with Gasteiger partial charge in [0.15, 0.2) is 5.96 Å². The van der Waals surface area contributed by atoms with E-state index in [1.54, 1.807) is 19.2 Å². The fourth-order valence-corrected chi connectivity index (χ4v) is 3.11. The van der Waals surface area contributed by atoms with E-state index in [1.807, 2.05) is 12.1 Å². The van der Waals surface area contributed by atoms with Gasteiger partial charge in [0.1, 0.15) is 6.61 Å². The van der Waals surface area contributed by atoms with Crippen LogP contribution in [0.3, 0.4) is 0 Å². The van der Waals surface area contributed by atoms with E-state index in [1.165, 1.54) is 0 Å². The molecule has 0 radical (unpaired) electrons. The van der Waals surface area contributed by atoms with Crippen LogP contribution in [0.5, 0.6) is 0 Å². The molecule has 1 fully saturated rings. The zero-order valence-electron chi connectivity index (χ0n) is 17.3. The number of piperazine rings is 1. The zero-order valence-corrected chi connectivity index (χ0v) is 17.3. The van der Waals surface area contributed by atoms with Gasteiger partial charge in [-0.15, -0.1) is 0 Å². The van der Waals surface area contributed by atoms with Crippen LogP contribution in [0.15, 0.2) is 29.3 Å². The van der Waals surface area contributed by atoms with Crippen molar-refractivity contribution in [3.05, 3.63) is 35.4 Å². The van der Waals surface area contributed by atoms with E-state index in [4.69, 9.17) is 0 Å². The van der Waals surface area contributed by atoms with Gasteiger partial charge in [-0.2, -0.15) is 13.2 Å². The third kappa shape index (κ3) is 9.47. The number of nitrogens with zero attached hydrogens (tertiary/aromatic N) is 3. The molecule has 1 aromatic carbocycles. The first-order chi connectivity index (χ1) is 13.9. The molecule has 0 amide bonds. The van der Waals surface area contributed by atoms with Crippen LogP contribution in [-0.2, 0) is 17.9 Å². The lowest BCUT2D eigenvalue weighted by Gasteiger charge is -2.34. The molecule has 1 saturated heterocycles. The number of hydrogen-bond acceptors (Lipinski definition) is 4. The summed E-state index contributed by atoms with van der Waals surface area (Å²) in [4.78, 5) is 9.14. The largest absolute Gasteiger partial charge is 0.411 e. The third-order valence-electron chi connectivity index (χ3n) is 4.87. The highest BCUT2D eigenvalue weighted by Gasteiger charge is 2.27. The molecule has 0 aromatic heterocycles. The van der Waals surface area contributed by atoms with E-state index >= 15 is 0 Å². The van der Waals surface area contributed by atoms with Gasteiger partial charge in [-0.05, 0) is 17.7 Å². The van der Waals surface area contributed by atoms with Crippen LogP contribution in [0.4, 0.5) is 13.2 Å². The minimum Gasteiger partial charge on any atom is -0.367 e. The highest BCUT2D eigenvalue weighted by molar-refractivity contribution is 5.79. The molecule has 29 heavy (non-hydrogen) atoms. The SMILES string of the molecule is CCN1CCN(CCNC(=NC)NCc2ccc(COCC(F)(F)F)cc2)CC1. The number of guanidine groups is 1. The maximum atomic E-state index is 12.1. The van der Waals surface area contributed by atoms with Gasteiger partial charge in [-0.1, -0.05) is 31.2 Å². The normalized spacial score (nSPS) is 16.8. The summed E-state index contributed by atoms with van der Waals surface area (Å²) in [5.41, 5.74) is 1.73. The average Bonchev–Trinajstić information content (AvgIpc) is 2.71. The van der Waals surface area contributed by atoms with Crippen molar-refractivity contribution in [1.82, 2.24) is 20.4 Å². The van der Waals surface area contributed by atoms with Crippen LogP contribution in [-0.4, -0.2) is 81.4 Å². The van der Waals surface area contributed by atoms with Crippen LogP contribution in [0.25, 0.3) is 0 Å². The molecule has 0 spiro atoms.